The number of nitrogens with zero attached hydrogens (tertiary/aromatic N) is 1. The summed E-state index contributed by atoms with van der Waals surface area (Å²) in [7, 11) is 0. The van der Waals surface area contributed by atoms with E-state index in [1.165, 1.54) is 25.1 Å². The van der Waals surface area contributed by atoms with E-state index in [9.17, 15) is 23.7 Å². The number of nitrogens with one attached hydrogen (secondary N) is 1. The van der Waals surface area contributed by atoms with Crippen LogP contribution >= 0.6 is 0 Å². The Bertz CT molecular complexity index is 712. The van der Waals surface area contributed by atoms with Gasteiger partial charge in [0.25, 0.3) is 11.6 Å². The van der Waals surface area contributed by atoms with Crippen LogP contribution in [0.1, 0.15) is 15.9 Å². The first-order chi connectivity index (χ1) is 9.88. The van der Waals surface area contributed by atoms with Crippen molar-refractivity contribution in [2.24, 2.45) is 0 Å². The summed E-state index contributed by atoms with van der Waals surface area (Å²) in [5.41, 5.74) is 0.100. The van der Waals surface area contributed by atoms with Gasteiger partial charge in [0.05, 0.1) is 16.2 Å². The minimum Gasteiger partial charge on any atom is -0.321 e. The van der Waals surface area contributed by atoms with Gasteiger partial charge >= 0.3 is 0 Å². The number of carbonyl (C=O) groups is 1. The number of halogens is 2. The van der Waals surface area contributed by atoms with E-state index in [1.807, 2.05) is 0 Å². The van der Waals surface area contributed by atoms with E-state index in [0.29, 0.717) is 6.07 Å². The van der Waals surface area contributed by atoms with Crippen molar-refractivity contribution in [2.75, 3.05) is 5.32 Å². The monoisotopic (exact) mass is 292 g/mol. The highest BCUT2D eigenvalue weighted by Gasteiger charge is 2.16. The van der Waals surface area contributed by atoms with Gasteiger partial charge in [0.15, 0.2) is 0 Å². The molecule has 0 saturated carbocycles. The highest BCUT2D eigenvalue weighted by Crippen LogP contribution is 2.25. The van der Waals surface area contributed by atoms with E-state index >= 15 is 0 Å². The quantitative estimate of drug-likeness (QED) is 0.695. The minimum atomic E-state index is -0.879. The number of anilines is 1. The van der Waals surface area contributed by atoms with Crippen molar-refractivity contribution in [1.29, 1.82) is 0 Å². The molecule has 0 unspecified atom stereocenters. The number of rotatable bonds is 3. The summed E-state index contributed by atoms with van der Waals surface area (Å²) < 4.78 is 26.1. The van der Waals surface area contributed by atoms with E-state index in [4.69, 9.17) is 0 Å². The second kappa shape index (κ2) is 5.66. The van der Waals surface area contributed by atoms with Gasteiger partial charge in [0.2, 0.25) is 0 Å². The molecule has 0 radical (unpaired) electrons. The van der Waals surface area contributed by atoms with E-state index in [2.05, 4.69) is 5.32 Å². The van der Waals surface area contributed by atoms with Gasteiger partial charge in [-0.2, -0.15) is 0 Å². The lowest BCUT2D eigenvalue weighted by atomic mass is 10.1. The Hall–Kier alpha value is -2.83. The molecule has 108 valence electrons. The van der Waals surface area contributed by atoms with Gasteiger partial charge in [-0.25, -0.2) is 8.78 Å². The zero-order valence-corrected chi connectivity index (χ0v) is 10.9. The van der Waals surface area contributed by atoms with Crippen LogP contribution in [0.2, 0.25) is 0 Å². The fraction of sp³-hybridized carbons (Fsp3) is 0.0714. The second-order valence-corrected chi connectivity index (χ2v) is 4.32. The van der Waals surface area contributed by atoms with Gasteiger partial charge in [-0.05, 0) is 25.1 Å². The van der Waals surface area contributed by atoms with Crippen LogP contribution in [-0.4, -0.2) is 10.8 Å². The topological polar surface area (TPSA) is 72.2 Å². The summed E-state index contributed by atoms with van der Waals surface area (Å²) >= 11 is 0. The summed E-state index contributed by atoms with van der Waals surface area (Å²) in [6.07, 6.45) is 0. The van der Waals surface area contributed by atoms with Crippen molar-refractivity contribution < 1.29 is 18.5 Å². The molecule has 0 aliphatic rings. The number of nitro benzene ring substituents is 1. The molecule has 0 fully saturated rings. The summed E-state index contributed by atoms with van der Waals surface area (Å²) in [4.78, 5) is 22.2. The minimum absolute atomic E-state index is 0.154. The molecule has 0 aliphatic carbocycles. The second-order valence-electron chi connectivity index (χ2n) is 4.32. The number of carbonyl (C=O) groups excluding carboxylic acids is 1. The fourth-order valence-corrected chi connectivity index (χ4v) is 1.84. The van der Waals surface area contributed by atoms with Gasteiger partial charge in [-0.3, -0.25) is 14.9 Å². The fourth-order valence-electron chi connectivity index (χ4n) is 1.84. The predicted octanol–water partition coefficient (Wildman–Crippen LogP) is 3.43. The Morgan fingerprint density at radius 1 is 1.19 bits per heavy atom. The van der Waals surface area contributed by atoms with Crippen LogP contribution in [0.4, 0.5) is 20.2 Å². The first kappa shape index (κ1) is 14.6. The van der Waals surface area contributed by atoms with Gasteiger partial charge in [-0.1, -0.05) is 6.07 Å². The Balaban J connectivity index is 2.32. The number of hydrogen-bond acceptors (Lipinski definition) is 3. The van der Waals surface area contributed by atoms with Gasteiger partial charge < -0.3 is 5.32 Å². The normalized spacial score (nSPS) is 10.2. The molecular formula is C14H10F2N2O3. The molecule has 0 aliphatic heterocycles. The lowest BCUT2D eigenvalue weighted by Crippen LogP contribution is -2.13. The maximum Gasteiger partial charge on any atom is 0.274 e. The summed E-state index contributed by atoms with van der Waals surface area (Å²) in [6, 6.07) is 6.58. The smallest absolute Gasteiger partial charge is 0.274 e. The zero-order valence-electron chi connectivity index (χ0n) is 10.9. The zero-order chi connectivity index (χ0) is 15.6. The molecule has 21 heavy (non-hydrogen) atoms. The molecule has 7 heteroatoms. The first-order valence-electron chi connectivity index (χ1n) is 5.90. The molecule has 0 heterocycles. The third-order valence-corrected chi connectivity index (χ3v) is 2.87. The predicted molar refractivity (Wildman–Crippen MR) is 72.1 cm³/mol. The Kier molecular flexibility index (Phi) is 3.93. The van der Waals surface area contributed by atoms with E-state index in [-0.39, 0.29) is 22.5 Å². The summed E-state index contributed by atoms with van der Waals surface area (Å²) in [5, 5.41) is 13.2. The largest absolute Gasteiger partial charge is 0.321 e. The van der Waals surface area contributed by atoms with Crippen LogP contribution in [-0.2, 0) is 0 Å². The van der Waals surface area contributed by atoms with Crippen LogP contribution in [0.15, 0.2) is 36.4 Å². The lowest BCUT2D eigenvalue weighted by molar-refractivity contribution is -0.385. The standard InChI is InChI=1S/C14H10F2N2O3/c1-8-12(3-2-4-13(8)18(20)21)17-14(19)9-5-10(15)7-11(16)6-9/h2-7H,1H3,(H,17,19). The van der Waals surface area contributed by atoms with Crippen LogP contribution in [0.3, 0.4) is 0 Å². The van der Waals surface area contributed by atoms with E-state index in [0.717, 1.165) is 12.1 Å². The van der Waals surface area contributed by atoms with Crippen molar-refractivity contribution in [2.45, 2.75) is 6.92 Å². The third-order valence-electron chi connectivity index (χ3n) is 2.87. The Morgan fingerprint density at radius 2 is 1.81 bits per heavy atom. The van der Waals surface area contributed by atoms with Crippen LogP contribution in [0, 0.1) is 28.7 Å². The van der Waals surface area contributed by atoms with Crippen molar-refractivity contribution in [3.63, 3.8) is 0 Å². The molecule has 0 aromatic heterocycles. The summed E-state index contributed by atoms with van der Waals surface area (Å²) in [5.74, 6) is -2.51. The number of amides is 1. The van der Waals surface area contributed by atoms with Crippen LogP contribution in [0.25, 0.3) is 0 Å². The average molecular weight is 292 g/mol. The highest BCUT2D eigenvalue weighted by atomic mass is 19.1. The maximum absolute atomic E-state index is 13.1. The molecule has 0 spiro atoms. The van der Waals surface area contributed by atoms with Gasteiger partial charge in [0.1, 0.15) is 11.6 Å². The molecule has 2 aromatic rings. The van der Waals surface area contributed by atoms with E-state index in [1.54, 1.807) is 0 Å². The molecule has 0 atom stereocenters. The number of hydrogen-bond donors (Lipinski definition) is 1. The van der Waals surface area contributed by atoms with Crippen molar-refractivity contribution in [1.82, 2.24) is 0 Å². The highest BCUT2D eigenvalue weighted by molar-refractivity contribution is 6.04. The van der Waals surface area contributed by atoms with Gasteiger partial charge in [-0.15, -0.1) is 0 Å². The lowest BCUT2D eigenvalue weighted by Gasteiger charge is -2.08. The van der Waals surface area contributed by atoms with Crippen LogP contribution in [0.5, 0.6) is 0 Å². The molecule has 1 N–H and O–H groups in total. The SMILES string of the molecule is Cc1c(NC(=O)c2cc(F)cc(F)c2)cccc1[N+](=O)[O-]. The number of benzene rings is 2. The molecule has 2 aromatic carbocycles. The van der Waals surface area contributed by atoms with Crippen LogP contribution < -0.4 is 5.32 Å². The van der Waals surface area contributed by atoms with Gasteiger partial charge in [0, 0.05) is 17.7 Å². The Morgan fingerprint density at radius 3 is 2.38 bits per heavy atom. The average Bonchev–Trinajstić information content (AvgIpc) is 2.39. The Labute approximate surface area is 118 Å². The van der Waals surface area contributed by atoms with E-state index < -0.39 is 22.5 Å². The summed E-state index contributed by atoms with van der Waals surface area (Å²) in [6.45, 7) is 1.47. The number of nitro groups is 1. The first-order valence-corrected chi connectivity index (χ1v) is 5.90. The van der Waals surface area contributed by atoms with Crippen molar-refractivity contribution in [3.05, 3.63) is 69.3 Å². The van der Waals surface area contributed by atoms with Crippen molar-refractivity contribution in [3.8, 4) is 0 Å². The third kappa shape index (κ3) is 3.19. The molecule has 0 saturated heterocycles. The molecule has 1 amide bonds. The molecular weight excluding hydrogens is 282 g/mol. The maximum atomic E-state index is 13.1. The molecule has 0 bridgehead atoms. The van der Waals surface area contributed by atoms with Crippen molar-refractivity contribution >= 4 is 17.3 Å². The molecule has 2 rings (SSSR count). The molecule has 5 nitrogen and oxygen atoms in total.